The van der Waals surface area contributed by atoms with Crippen LogP contribution in [0, 0.1) is 0 Å². The second-order valence-corrected chi connectivity index (χ2v) is 6.71. The first-order valence-corrected chi connectivity index (χ1v) is 9.16. The summed E-state index contributed by atoms with van der Waals surface area (Å²) in [7, 11) is 0. The number of imide groups is 1. The van der Waals surface area contributed by atoms with Gasteiger partial charge in [0, 0.05) is 25.1 Å². The maximum atomic E-state index is 12.0. The number of fused-ring (bicyclic) bond motifs is 1. The van der Waals surface area contributed by atoms with E-state index in [1.165, 1.54) is 11.1 Å². The van der Waals surface area contributed by atoms with Gasteiger partial charge in [-0.1, -0.05) is 24.3 Å². The van der Waals surface area contributed by atoms with E-state index in [-0.39, 0.29) is 18.6 Å². The predicted molar refractivity (Wildman–Crippen MR) is 96.2 cm³/mol. The number of nitrogens with one attached hydrogen (secondary N) is 2. The van der Waals surface area contributed by atoms with Crippen LogP contribution in [0.5, 0.6) is 0 Å². The topological polar surface area (TPSA) is 84.0 Å². The maximum absolute atomic E-state index is 12.0. The van der Waals surface area contributed by atoms with Crippen LogP contribution in [0.25, 0.3) is 0 Å². The Morgan fingerprint density at radius 2 is 2.12 bits per heavy atom. The third-order valence-electron chi connectivity index (χ3n) is 4.31. The third kappa shape index (κ3) is 6.84. The molecule has 4 N–H and O–H groups in total. The van der Waals surface area contributed by atoms with Crippen LogP contribution in [-0.2, 0) is 16.0 Å². The van der Waals surface area contributed by atoms with Gasteiger partial charge in [0.25, 0.3) is 5.91 Å². The number of nitrogens with two attached hydrogens (primary N) is 1. The number of hydrogen-bond acceptors (Lipinski definition) is 3. The number of rotatable bonds is 8. The Morgan fingerprint density at radius 1 is 1.32 bits per heavy atom. The average Bonchev–Trinajstić information content (AvgIpc) is 2.59. The van der Waals surface area contributed by atoms with Crippen molar-refractivity contribution in [3.05, 3.63) is 35.4 Å². The summed E-state index contributed by atoms with van der Waals surface area (Å²) in [6.07, 6.45) is 4.22. The van der Waals surface area contributed by atoms with Crippen molar-refractivity contribution in [3.63, 3.8) is 0 Å². The lowest BCUT2D eigenvalue weighted by atomic mass is 9.88. The number of carbonyl (C=O) groups is 2. The van der Waals surface area contributed by atoms with E-state index in [0.29, 0.717) is 19.2 Å². The molecule has 25 heavy (non-hydrogen) atoms. The number of aryl methyl sites for hydroxylation is 1. The summed E-state index contributed by atoms with van der Waals surface area (Å²) < 4.78 is 5.40. The minimum absolute atomic E-state index is 0.191. The Hall–Kier alpha value is -1.92. The van der Waals surface area contributed by atoms with Crippen LogP contribution >= 0.6 is 0 Å². The molecular weight excluding hydrogens is 318 g/mol. The van der Waals surface area contributed by atoms with Gasteiger partial charge >= 0.3 is 6.03 Å². The standard InChI is InChI=1S/C19H29N3O3/c1-14(2)25-12-6-11-20-19(24)22-18(23)13-21-17-10-5-8-15-7-3-4-9-16(15)17/h3-4,7,9,14,17,21H,5-6,8,10-13H2,1-2H3,(H2,20,22,23,24)/p+1/t17-/m0/s1. The summed E-state index contributed by atoms with van der Waals surface area (Å²) in [4.78, 5) is 23.7. The van der Waals surface area contributed by atoms with E-state index in [4.69, 9.17) is 4.74 Å². The van der Waals surface area contributed by atoms with Gasteiger partial charge in [0.05, 0.1) is 6.10 Å². The zero-order chi connectivity index (χ0) is 18.1. The van der Waals surface area contributed by atoms with Gasteiger partial charge in [-0.3, -0.25) is 10.1 Å². The summed E-state index contributed by atoms with van der Waals surface area (Å²) in [5, 5.41) is 7.08. The first-order valence-electron chi connectivity index (χ1n) is 9.16. The summed E-state index contributed by atoms with van der Waals surface area (Å²) in [6.45, 7) is 5.29. The molecule has 1 aromatic rings. The molecule has 0 saturated carbocycles. The predicted octanol–water partition coefficient (Wildman–Crippen LogP) is 1.27. The lowest BCUT2D eigenvalue weighted by Gasteiger charge is -2.23. The SMILES string of the molecule is CC(C)OCCCNC(=O)NC(=O)C[NH2+][C@H]1CCCc2ccccc21. The summed E-state index contributed by atoms with van der Waals surface area (Å²) in [5.74, 6) is -0.265. The van der Waals surface area contributed by atoms with E-state index in [1.807, 2.05) is 25.2 Å². The molecule has 138 valence electrons. The number of hydrogen-bond donors (Lipinski definition) is 3. The second kappa shape index (κ2) is 10.2. The van der Waals surface area contributed by atoms with Crippen molar-refractivity contribution in [2.45, 2.75) is 51.7 Å². The van der Waals surface area contributed by atoms with Crippen molar-refractivity contribution in [1.82, 2.24) is 10.6 Å². The smallest absolute Gasteiger partial charge is 0.321 e. The summed E-state index contributed by atoms with van der Waals surface area (Å²) in [6, 6.07) is 8.26. The molecule has 1 atom stereocenters. The molecule has 2 rings (SSSR count). The van der Waals surface area contributed by atoms with Crippen molar-refractivity contribution < 1.29 is 19.6 Å². The molecule has 6 heteroatoms. The van der Waals surface area contributed by atoms with Gasteiger partial charge in [0.1, 0.15) is 6.04 Å². The number of benzene rings is 1. The fraction of sp³-hybridized carbons (Fsp3) is 0.579. The highest BCUT2D eigenvalue weighted by Gasteiger charge is 2.23. The van der Waals surface area contributed by atoms with Crippen LogP contribution < -0.4 is 16.0 Å². The van der Waals surface area contributed by atoms with E-state index in [2.05, 4.69) is 28.8 Å². The van der Waals surface area contributed by atoms with Gasteiger partial charge in [0.15, 0.2) is 6.54 Å². The molecule has 0 aromatic heterocycles. The van der Waals surface area contributed by atoms with Crippen molar-refractivity contribution >= 4 is 11.9 Å². The minimum atomic E-state index is -0.438. The molecule has 0 spiro atoms. The molecule has 6 nitrogen and oxygen atoms in total. The van der Waals surface area contributed by atoms with Crippen LogP contribution in [0.2, 0.25) is 0 Å². The highest BCUT2D eigenvalue weighted by molar-refractivity contribution is 5.94. The molecule has 0 heterocycles. The Bertz CT molecular complexity index is 575. The average molecular weight is 348 g/mol. The fourth-order valence-electron chi connectivity index (χ4n) is 3.10. The van der Waals surface area contributed by atoms with Crippen molar-refractivity contribution in [3.8, 4) is 0 Å². The van der Waals surface area contributed by atoms with E-state index in [9.17, 15) is 9.59 Å². The molecule has 0 aliphatic heterocycles. The molecule has 0 saturated heterocycles. The Morgan fingerprint density at radius 3 is 2.92 bits per heavy atom. The third-order valence-corrected chi connectivity index (χ3v) is 4.31. The highest BCUT2D eigenvalue weighted by Crippen LogP contribution is 2.26. The molecule has 0 bridgehead atoms. The van der Waals surface area contributed by atoms with Gasteiger partial charge < -0.3 is 15.4 Å². The highest BCUT2D eigenvalue weighted by atomic mass is 16.5. The second-order valence-electron chi connectivity index (χ2n) is 6.71. The normalized spacial score (nSPS) is 16.4. The Kier molecular flexibility index (Phi) is 7.88. The molecule has 3 amide bonds. The Labute approximate surface area is 149 Å². The molecule has 1 aliphatic carbocycles. The molecule has 0 unspecified atom stereocenters. The monoisotopic (exact) mass is 348 g/mol. The largest absolute Gasteiger partial charge is 0.379 e. The van der Waals surface area contributed by atoms with Crippen molar-refractivity contribution in [2.75, 3.05) is 19.7 Å². The number of carbonyl (C=O) groups excluding carboxylic acids is 2. The number of ether oxygens (including phenoxy) is 1. The van der Waals surface area contributed by atoms with Crippen molar-refractivity contribution in [2.24, 2.45) is 0 Å². The lowest BCUT2D eigenvalue weighted by Crippen LogP contribution is -2.88. The van der Waals surface area contributed by atoms with Crippen LogP contribution in [0.1, 0.15) is 50.3 Å². The quantitative estimate of drug-likeness (QED) is 0.619. The van der Waals surface area contributed by atoms with Gasteiger partial charge in [-0.25, -0.2) is 4.79 Å². The maximum Gasteiger partial charge on any atom is 0.321 e. The van der Waals surface area contributed by atoms with Gasteiger partial charge in [-0.2, -0.15) is 0 Å². The summed E-state index contributed by atoms with van der Waals surface area (Å²) in [5.41, 5.74) is 2.69. The number of urea groups is 1. The van der Waals surface area contributed by atoms with Gasteiger partial charge in [-0.05, 0) is 38.7 Å². The molecule has 0 radical (unpaired) electrons. The van der Waals surface area contributed by atoms with E-state index >= 15 is 0 Å². The number of amides is 3. The molecule has 1 aromatic carbocycles. The molecule has 1 aliphatic rings. The van der Waals surface area contributed by atoms with Gasteiger partial charge in [0.2, 0.25) is 0 Å². The van der Waals surface area contributed by atoms with Crippen LogP contribution in [0.15, 0.2) is 24.3 Å². The Balaban J connectivity index is 1.65. The first kappa shape index (κ1) is 19.4. The van der Waals surface area contributed by atoms with Gasteiger partial charge in [-0.15, -0.1) is 0 Å². The summed E-state index contributed by atoms with van der Waals surface area (Å²) >= 11 is 0. The van der Waals surface area contributed by atoms with Crippen LogP contribution in [0.3, 0.4) is 0 Å². The molecule has 0 fully saturated rings. The van der Waals surface area contributed by atoms with E-state index in [1.54, 1.807) is 0 Å². The van der Waals surface area contributed by atoms with Crippen LogP contribution in [-0.4, -0.2) is 37.7 Å². The first-order chi connectivity index (χ1) is 12.1. The number of quaternary nitrogens is 1. The fourth-order valence-corrected chi connectivity index (χ4v) is 3.10. The van der Waals surface area contributed by atoms with E-state index in [0.717, 1.165) is 25.7 Å². The minimum Gasteiger partial charge on any atom is -0.379 e. The lowest BCUT2D eigenvalue weighted by molar-refractivity contribution is -0.687. The zero-order valence-electron chi connectivity index (χ0n) is 15.2. The van der Waals surface area contributed by atoms with Crippen molar-refractivity contribution in [1.29, 1.82) is 0 Å². The molecular formula is C19H30N3O3+. The zero-order valence-corrected chi connectivity index (χ0v) is 15.2. The van der Waals surface area contributed by atoms with E-state index < -0.39 is 6.03 Å². The van der Waals surface area contributed by atoms with Crippen LogP contribution in [0.4, 0.5) is 4.79 Å².